The molecule has 24 heavy (non-hydrogen) atoms. The summed E-state index contributed by atoms with van der Waals surface area (Å²) < 4.78 is 6.83. The lowest BCUT2D eigenvalue weighted by Gasteiger charge is -2.23. The predicted molar refractivity (Wildman–Crippen MR) is 86.3 cm³/mol. The molecule has 0 spiro atoms. The standard InChI is InChI=1S/C17H19N3O4/c1-11-4-3-5-13(8-11)20-12(2)14(9-18-20)15(21)19-17(16(22)23)6-7-24-10-17/h3-5,8-9H,6-7,10H2,1-2H3,(H,19,21)(H,22,23). The zero-order valence-electron chi connectivity index (χ0n) is 13.6. The van der Waals surface area contributed by atoms with E-state index in [-0.39, 0.29) is 13.0 Å². The van der Waals surface area contributed by atoms with E-state index >= 15 is 0 Å². The van der Waals surface area contributed by atoms with Crippen LogP contribution in [0.4, 0.5) is 0 Å². The lowest BCUT2D eigenvalue weighted by Crippen LogP contribution is -2.55. The summed E-state index contributed by atoms with van der Waals surface area (Å²) in [4.78, 5) is 24.1. The molecule has 1 unspecified atom stereocenters. The van der Waals surface area contributed by atoms with Crippen LogP contribution < -0.4 is 5.32 Å². The number of aryl methyl sites for hydroxylation is 1. The topological polar surface area (TPSA) is 93.5 Å². The molecule has 1 amide bonds. The fourth-order valence-corrected chi connectivity index (χ4v) is 2.82. The van der Waals surface area contributed by atoms with Gasteiger partial charge in [0.05, 0.1) is 29.7 Å². The van der Waals surface area contributed by atoms with Crippen LogP contribution in [0.15, 0.2) is 30.5 Å². The number of carboxylic acids is 1. The Kier molecular flexibility index (Phi) is 4.11. The van der Waals surface area contributed by atoms with Gasteiger partial charge in [-0.25, -0.2) is 9.48 Å². The van der Waals surface area contributed by atoms with Gasteiger partial charge in [0, 0.05) is 13.0 Å². The summed E-state index contributed by atoms with van der Waals surface area (Å²) in [6.45, 7) is 4.04. The first-order valence-electron chi connectivity index (χ1n) is 7.68. The third-order valence-electron chi connectivity index (χ3n) is 4.28. The molecule has 2 aromatic rings. The lowest BCUT2D eigenvalue weighted by molar-refractivity contribution is -0.144. The largest absolute Gasteiger partial charge is 0.479 e. The zero-order chi connectivity index (χ0) is 17.3. The quantitative estimate of drug-likeness (QED) is 0.886. The van der Waals surface area contributed by atoms with Gasteiger partial charge in [-0.3, -0.25) is 4.79 Å². The van der Waals surface area contributed by atoms with Gasteiger partial charge in [-0.15, -0.1) is 0 Å². The van der Waals surface area contributed by atoms with Crippen LogP contribution in [-0.4, -0.2) is 45.5 Å². The smallest absolute Gasteiger partial charge is 0.331 e. The Morgan fingerprint density at radius 1 is 1.38 bits per heavy atom. The fraction of sp³-hybridized carbons (Fsp3) is 0.353. The number of nitrogens with zero attached hydrogens (tertiary/aromatic N) is 2. The van der Waals surface area contributed by atoms with Crippen molar-refractivity contribution in [1.82, 2.24) is 15.1 Å². The molecule has 0 bridgehead atoms. The first-order valence-corrected chi connectivity index (χ1v) is 7.68. The molecule has 126 valence electrons. The first-order chi connectivity index (χ1) is 11.4. The minimum absolute atomic E-state index is 0.0286. The summed E-state index contributed by atoms with van der Waals surface area (Å²) in [6, 6.07) is 7.76. The van der Waals surface area contributed by atoms with Crippen molar-refractivity contribution < 1.29 is 19.4 Å². The molecule has 2 N–H and O–H groups in total. The van der Waals surface area contributed by atoms with E-state index in [1.165, 1.54) is 6.20 Å². The highest BCUT2D eigenvalue weighted by Gasteiger charge is 2.44. The Hall–Kier alpha value is -2.67. The van der Waals surface area contributed by atoms with Gasteiger partial charge in [-0.1, -0.05) is 12.1 Å². The number of hydrogen-bond acceptors (Lipinski definition) is 4. The predicted octanol–water partition coefficient (Wildman–Crippen LogP) is 1.46. The van der Waals surface area contributed by atoms with Gasteiger partial charge >= 0.3 is 5.97 Å². The number of amides is 1. The van der Waals surface area contributed by atoms with E-state index in [9.17, 15) is 14.7 Å². The summed E-state index contributed by atoms with van der Waals surface area (Å²) in [5.41, 5.74) is 1.57. The van der Waals surface area contributed by atoms with Crippen molar-refractivity contribution in [3.63, 3.8) is 0 Å². The molecule has 2 heterocycles. The minimum Gasteiger partial charge on any atom is -0.479 e. The summed E-state index contributed by atoms with van der Waals surface area (Å²) in [6.07, 6.45) is 1.71. The van der Waals surface area contributed by atoms with Crippen molar-refractivity contribution in [3.05, 3.63) is 47.3 Å². The van der Waals surface area contributed by atoms with Gasteiger partial charge < -0.3 is 15.2 Å². The Labute approximate surface area is 139 Å². The van der Waals surface area contributed by atoms with Gasteiger partial charge in [0.25, 0.3) is 5.91 Å². The van der Waals surface area contributed by atoms with Crippen LogP contribution in [0.25, 0.3) is 5.69 Å². The van der Waals surface area contributed by atoms with Crippen LogP contribution in [-0.2, 0) is 9.53 Å². The second kappa shape index (κ2) is 6.09. The monoisotopic (exact) mass is 329 g/mol. The number of benzene rings is 1. The molecule has 1 aliphatic heterocycles. The van der Waals surface area contributed by atoms with E-state index in [1.54, 1.807) is 11.6 Å². The second-order valence-corrected chi connectivity index (χ2v) is 6.04. The molecule has 1 saturated heterocycles. The van der Waals surface area contributed by atoms with Crippen LogP contribution in [0, 0.1) is 13.8 Å². The molecule has 0 aliphatic carbocycles. The number of aromatic nitrogens is 2. The molecule has 1 fully saturated rings. The second-order valence-electron chi connectivity index (χ2n) is 6.04. The van der Waals surface area contributed by atoms with Crippen molar-refractivity contribution >= 4 is 11.9 Å². The molecule has 1 aromatic carbocycles. The van der Waals surface area contributed by atoms with Crippen LogP contribution in [0.2, 0.25) is 0 Å². The molecule has 1 aromatic heterocycles. The van der Waals surface area contributed by atoms with E-state index in [0.717, 1.165) is 11.3 Å². The van der Waals surface area contributed by atoms with Crippen molar-refractivity contribution in [3.8, 4) is 5.69 Å². The Bertz CT molecular complexity index is 791. The normalized spacial score (nSPS) is 20.1. The molecule has 0 radical (unpaired) electrons. The Morgan fingerprint density at radius 3 is 2.79 bits per heavy atom. The molecular weight excluding hydrogens is 310 g/mol. The zero-order valence-corrected chi connectivity index (χ0v) is 13.6. The van der Waals surface area contributed by atoms with Crippen molar-refractivity contribution in [2.45, 2.75) is 25.8 Å². The molecular formula is C17H19N3O4. The average molecular weight is 329 g/mol. The highest BCUT2D eigenvalue weighted by atomic mass is 16.5. The molecule has 1 atom stereocenters. The summed E-state index contributed by atoms with van der Waals surface area (Å²) >= 11 is 0. The minimum atomic E-state index is -1.37. The Balaban J connectivity index is 1.88. The van der Waals surface area contributed by atoms with E-state index < -0.39 is 17.4 Å². The summed E-state index contributed by atoms with van der Waals surface area (Å²) in [7, 11) is 0. The Morgan fingerprint density at radius 2 is 2.17 bits per heavy atom. The third kappa shape index (κ3) is 2.78. The summed E-state index contributed by atoms with van der Waals surface area (Å²) in [5.74, 6) is -1.55. The SMILES string of the molecule is Cc1cccc(-n2ncc(C(=O)NC3(C(=O)O)CCOC3)c2C)c1. The number of carboxylic acid groups (broad SMARTS) is 1. The number of hydrogen-bond donors (Lipinski definition) is 2. The van der Waals surface area contributed by atoms with Crippen molar-refractivity contribution in [1.29, 1.82) is 0 Å². The number of aliphatic carboxylic acids is 1. The number of carbonyl (C=O) groups is 2. The van der Waals surface area contributed by atoms with E-state index in [0.29, 0.717) is 17.9 Å². The molecule has 3 rings (SSSR count). The van der Waals surface area contributed by atoms with Gasteiger partial charge in [0.2, 0.25) is 0 Å². The fourth-order valence-electron chi connectivity index (χ4n) is 2.82. The van der Waals surface area contributed by atoms with Crippen molar-refractivity contribution in [2.75, 3.05) is 13.2 Å². The van der Waals surface area contributed by atoms with E-state index in [4.69, 9.17) is 4.74 Å². The third-order valence-corrected chi connectivity index (χ3v) is 4.28. The maximum atomic E-state index is 12.6. The number of carbonyl (C=O) groups excluding carboxylic acids is 1. The maximum Gasteiger partial charge on any atom is 0.331 e. The van der Waals surface area contributed by atoms with Gasteiger partial charge in [-0.05, 0) is 31.5 Å². The van der Waals surface area contributed by atoms with Crippen molar-refractivity contribution in [2.24, 2.45) is 0 Å². The van der Waals surface area contributed by atoms with Gasteiger partial charge in [0.15, 0.2) is 5.54 Å². The van der Waals surface area contributed by atoms with E-state index in [1.807, 2.05) is 31.2 Å². The van der Waals surface area contributed by atoms with Crippen LogP contribution in [0.5, 0.6) is 0 Å². The molecule has 7 heteroatoms. The first kappa shape index (κ1) is 16.2. The highest BCUT2D eigenvalue weighted by Crippen LogP contribution is 2.21. The summed E-state index contributed by atoms with van der Waals surface area (Å²) in [5, 5.41) is 16.3. The number of rotatable bonds is 4. The van der Waals surface area contributed by atoms with Gasteiger partial charge in [-0.2, -0.15) is 5.10 Å². The molecule has 1 aliphatic rings. The van der Waals surface area contributed by atoms with Crippen LogP contribution >= 0.6 is 0 Å². The maximum absolute atomic E-state index is 12.6. The van der Waals surface area contributed by atoms with Crippen LogP contribution in [0.3, 0.4) is 0 Å². The van der Waals surface area contributed by atoms with Crippen LogP contribution in [0.1, 0.15) is 28.0 Å². The average Bonchev–Trinajstić information content (AvgIpc) is 3.15. The molecule has 0 saturated carbocycles. The van der Waals surface area contributed by atoms with E-state index in [2.05, 4.69) is 10.4 Å². The highest BCUT2D eigenvalue weighted by molar-refractivity contribution is 5.98. The number of ether oxygens (including phenoxy) is 1. The number of nitrogens with one attached hydrogen (secondary N) is 1. The van der Waals surface area contributed by atoms with Gasteiger partial charge in [0.1, 0.15) is 0 Å². The molecule has 7 nitrogen and oxygen atoms in total. The lowest BCUT2D eigenvalue weighted by atomic mass is 9.98.